The zero-order valence-corrected chi connectivity index (χ0v) is 11.0. The van der Waals surface area contributed by atoms with Gasteiger partial charge in [-0.05, 0) is 18.2 Å². The summed E-state index contributed by atoms with van der Waals surface area (Å²) in [4.78, 5) is 16.6. The number of nitrogens with one attached hydrogen (secondary N) is 1. The first-order valence-corrected chi connectivity index (χ1v) is 5.77. The van der Waals surface area contributed by atoms with E-state index in [2.05, 4.69) is 5.32 Å². The normalized spacial score (nSPS) is 10.2. The maximum Gasteiger partial charge on any atom is 0.240 e. The molecule has 0 spiro atoms. The summed E-state index contributed by atoms with van der Waals surface area (Å²) in [6.07, 6.45) is 0. The van der Waals surface area contributed by atoms with Gasteiger partial charge in [-0.1, -0.05) is 18.5 Å². The van der Waals surface area contributed by atoms with E-state index >= 15 is 0 Å². The van der Waals surface area contributed by atoms with Gasteiger partial charge >= 0.3 is 0 Å². The van der Waals surface area contributed by atoms with Crippen LogP contribution >= 0.6 is 11.6 Å². The van der Waals surface area contributed by atoms with Crippen LogP contribution in [0, 0.1) is 11.3 Å². The van der Waals surface area contributed by atoms with Crippen LogP contribution in [-0.2, 0) is 9.63 Å². The average Bonchev–Trinajstić information content (AvgIpc) is 2.36. The number of hydrogen-bond donors (Lipinski definition) is 1. The molecule has 1 aromatic rings. The summed E-state index contributed by atoms with van der Waals surface area (Å²) in [6.45, 7) is 2.62. The van der Waals surface area contributed by atoms with E-state index in [1.165, 1.54) is 12.2 Å². The topological polar surface area (TPSA) is 65.4 Å². The van der Waals surface area contributed by atoms with Gasteiger partial charge in [0, 0.05) is 12.2 Å². The third kappa shape index (κ3) is 4.00. The molecule has 1 rings (SSSR count). The molecule has 5 nitrogen and oxygen atoms in total. The highest BCUT2D eigenvalue weighted by Crippen LogP contribution is 2.20. The van der Waals surface area contributed by atoms with Crippen molar-refractivity contribution in [3.05, 3.63) is 28.8 Å². The lowest BCUT2D eigenvalue weighted by molar-refractivity contribution is -0.145. The van der Waals surface area contributed by atoms with E-state index in [9.17, 15) is 4.79 Å². The van der Waals surface area contributed by atoms with Gasteiger partial charge in [0.15, 0.2) is 0 Å². The largest absolute Gasteiger partial charge is 0.325 e. The summed E-state index contributed by atoms with van der Waals surface area (Å²) in [5.74, 6) is -0.209. The molecular formula is C12H14ClN3O2. The molecule has 1 amide bonds. The van der Waals surface area contributed by atoms with Crippen LogP contribution in [0.5, 0.6) is 0 Å². The van der Waals surface area contributed by atoms with Gasteiger partial charge in [0.25, 0.3) is 0 Å². The second kappa shape index (κ2) is 6.97. The van der Waals surface area contributed by atoms with Crippen LogP contribution in [0.25, 0.3) is 0 Å². The van der Waals surface area contributed by atoms with Crippen LogP contribution in [0.15, 0.2) is 18.2 Å². The van der Waals surface area contributed by atoms with Gasteiger partial charge in [-0.2, -0.15) is 10.3 Å². The van der Waals surface area contributed by atoms with Gasteiger partial charge < -0.3 is 10.2 Å². The maximum atomic E-state index is 11.7. The van der Waals surface area contributed by atoms with E-state index < -0.39 is 0 Å². The summed E-state index contributed by atoms with van der Waals surface area (Å²) in [5, 5.41) is 13.2. The zero-order chi connectivity index (χ0) is 13.5. The van der Waals surface area contributed by atoms with Crippen molar-refractivity contribution in [2.24, 2.45) is 0 Å². The van der Waals surface area contributed by atoms with Gasteiger partial charge in [-0.25, -0.2) is 0 Å². The molecule has 0 unspecified atom stereocenters. The highest BCUT2D eigenvalue weighted by atomic mass is 35.5. The molecule has 6 heteroatoms. The van der Waals surface area contributed by atoms with Crippen LogP contribution < -0.4 is 5.32 Å². The van der Waals surface area contributed by atoms with Crippen molar-refractivity contribution in [1.82, 2.24) is 5.06 Å². The fraction of sp³-hybridized carbons (Fsp3) is 0.333. The lowest BCUT2D eigenvalue weighted by atomic mass is 10.2. The van der Waals surface area contributed by atoms with Crippen molar-refractivity contribution in [3.8, 4) is 6.07 Å². The summed E-state index contributed by atoms with van der Waals surface area (Å²) >= 11 is 5.86. The van der Waals surface area contributed by atoms with Crippen molar-refractivity contribution in [2.75, 3.05) is 25.5 Å². The molecule has 1 N–H and O–H groups in total. The minimum absolute atomic E-state index is 0.130. The average molecular weight is 268 g/mol. The monoisotopic (exact) mass is 267 g/mol. The summed E-state index contributed by atoms with van der Waals surface area (Å²) in [6, 6.07) is 6.69. The number of amides is 1. The molecule has 0 fully saturated rings. The minimum atomic E-state index is -0.209. The number of likely N-dealkylation sites (N-methyl/N-ethyl adjacent to an activating group) is 1. The quantitative estimate of drug-likeness (QED) is 0.829. The lowest BCUT2D eigenvalue weighted by Gasteiger charge is -2.16. The number of carbonyl (C=O) groups excluding carboxylic acids is 1. The van der Waals surface area contributed by atoms with Crippen molar-refractivity contribution >= 4 is 23.2 Å². The van der Waals surface area contributed by atoms with E-state index in [0.717, 1.165) is 0 Å². The molecule has 0 saturated carbocycles. The molecule has 0 bridgehead atoms. The van der Waals surface area contributed by atoms with Gasteiger partial charge in [0.2, 0.25) is 5.91 Å². The zero-order valence-electron chi connectivity index (χ0n) is 10.2. The Morgan fingerprint density at radius 1 is 1.61 bits per heavy atom. The number of carbonyl (C=O) groups is 1. The van der Waals surface area contributed by atoms with Crippen LogP contribution in [0.1, 0.15) is 12.5 Å². The third-order valence-corrected chi connectivity index (χ3v) is 2.62. The minimum Gasteiger partial charge on any atom is -0.325 e. The van der Waals surface area contributed by atoms with Crippen LogP contribution in [0.2, 0.25) is 5.02 Å². The number of hydroxylamine groups is 2. The summed E-state index contributed by atoms with van der Waals surface area (Å²) in [5.41, 5.74) is 0.929. The first kappa shape index (κ1) is 14.5. The second-order valence-corrected chi connectivity index (χ2v) is 3.90. The highest BCUT2D eigenvalue weighted by molar-refractivity contribution is 6.32. The van der Waals surface area contributed by atoms with Gasteiger partial charge in [0.05, 0.1) is 17.7 Å². The Bertz CT molecular complexity index is 467. The smallest absolute Gasteiger partial charge is 0.240 e. The predicted octanol–water partition coefficient (Wildman–Crippen LogP) is 2.03. The molecular weight excluding hydrogens is 254 g/mol. The molecule has 0 aliphatic carbocycles. The highest BCUT2D eigenvalue weighted by Gasteiger charge is 2.09. The number of nitrogens with zero attached hydrogens (tertiary/aromatic N) is 2. The van der Waals surface area contributed by atoms with E-state index in [0.29, 0.717) is 22.8 Å². The predicted molar refractivity (Wildman–Crippen MR) is 69.1 cm³/mol. The van der Waals surface area contributed by atoms with Crippen molar-refractivity contribution in [2.45, 2.75) is 6.92 Å². The molecule has 1 aromatic carbocycles. The van der Waals surface area contributed by atoms with Crippen LogP contribution in [-0.4, -0.2) is 31.2 Å². The van der Waals surface area contributed by atoms with Crippen molar-refractivity contribution in [1.29, 1.82) is 5.26 Å². The molecule has 0 radical (unpaired) electrons. The molecule has 0 aliphatic rings. The Hall–Kier alpha value is -1.61. The Morgan fingerprint density at radius 3 is 2.83 bits per heavy atom. The molecule has 96 valence electrons. The van der Waals surface area contributed by atoms with Gasteiger partial charge in [0.1, 0.15) is 12.6 Å². The Balaban J connectivity index is 2.65. The number of anilines is 1. The SMILES string of the molecule is CCN(CC(=O)Nc1ccc(C#N)c(Cl)c1)OC. The summed E-state index contributed by atoms with van der Waals surface area (Å²) < 4.78 is 0. The third-order valence-electron chi connectivity index (χ3n) is 2.30. The van der Waals surface area contributed by atoms with E-state index in [1.807, 2.05) is 13.0 Å². The van der Waals surface area contributed by atoms with Crippen molar-refractivity contribution in [3.63, 3.8) is 0 Å². The number of halogens is 1. The number of hydrogen-bond acceptors (Lipinski definition) is 4. The fourth-order valence-electron chi connectivity index (χ4n) is 1.35. The Labute approximate surface area is 111 Å². The van der Waals surface area contributed by atoms with E-state index in [-0.39, 0.29) is 12.5 Å². The molecule has 0 aromatic heterocycles. The van der Waals surface area contributed by atoms with E-state index in [1.54, 1.807) is 18.2 Å². The number of benzene rings is 1. The fourth-order valence-corrected chi connectivity index (χ4v) is 1.57. The van der Waals surface area contributed by atoms with Gasteiger partial charge in [-0.15, -0.1) is 0 Å². The first-order chi connectivity index (χ1) is 8.60. The molecule has 0 atom stereocenters. The van der Waals surface area contributed by atoms with Crippen LogP contribution in [0.4, 0.5) is 5.69 Å². The second-order valence-electron chi connectivity index (χ2n) is 3.49. The molecule has 0 aliphatic heterocycles. The number of rotatable bonds is 5. The van der Waals surface area contributed by atoms with Crippen LogP contribution in [0.3, 0.4) is 0 Å². The maximum absolute atomic E-state index is 11.7. The van der Waals surface area contributed by atoms with Gasteiger partial charge in [-0.3, -0.25) is 4.79 Å². The molecule has 0 saturated heterocycles. The lowest BCUT2D eigenvalue weighted by Crippen LogP contribution is -2.32. The Morgan fingerprint density at radius 2 is 2.33 bits per heavy atom. The molecule has 0 heterocycles. The standard InChI is InChI=1S/C12H14ClN3O2/c1-3-16(18-2)8-12(17)15-10-5-4-9(7-14)11(13)6-10/h4-6H,3,8H2,1-2H3,(H,15,17). The summed E-state index contributed by atoms with van der Waals surface area (Å²) in [7, 11) is 1.51. The van der Waals surface area contributed by atoms with Crippen molar-refractivity contribution < 1.29 is 9.63 Å². The molecule has 18 heavy (non-hydrogen) atoms. The van der Waals surface area contributed by atoms with E-state index in [4.69, 9.17) is 21.7 Å². The Kier molecular flexibility index (Phi) is 5.59. The number of nitriles is 1. The first-order valence-electron chi connectivity index (χ1n) is 5.39.